The second-order valence-electron chi connectivity index (χ2n) is 7.99. The number of hydrogen-bond acceptors (Lipinski definition) is 4. The highest BCUT2D eigenvalue weighted by Gasteiger charge is 2.39. The van der Waals surface area contributed by atoms with E-state index in [-0.39, 0.29) is 17.7 Å². The van der Waals surface area contributed by atoms with Crippen molar-refractivity contribution in [1.29, 1.82) is 0 Å². The van der Waals surface area contributed by atoms with Gasteiger partial charge in [-0.25, -0.2) is 4.98 Å². The molecule has 0 bridgehead atoms. The van der Waals surface area contributed by atoms with Crippen LogP contribution >= 0.6 is 0 Å². The summed E-state index contributed by atoms with van der Waals surface area (Å²) in [6.07, 6.45) is -5.20. The van der Waals surface area contributed by atoms with E-state index in [0.717, 1.165) is 17.1 Å². The third-order valence-corrected chi connectivity index (χ3v) is 5.54. The number of carbonyl (C=O) groups is 1. The first-order chi connectivity index (χ1) is 15.4. The van der Waals surface area contributed by atoms with Crippen molar-refractivity contribution in [1.82, 2.24) is 24.5 Å². The molecule has 1 aliphatic carbocycles. The largest absolute Gasteiger partial charge is 0.435 e. The number of halogens is 6. The van der Waals surface area contributed by atoms with Gasteiger partial charge in [-0.2, -0.15) is 31.4 Å². The van der Waals surface area contributed by atoms with Gasteiger partial charge in [0, 0.05) is 31.5 Å². The lowest BCUT2D eigenvalue weighted by Gasteiger charge is -2.30. The Morgan fingerprint density at radius 2 is 1.67 bits per heavy atom. The van der Waals surface area contributed by atoms with E-state index >= 15 is 0 Å². The fourth-order valence-electron chi connectivity index (χ4n) is 3.98. The van der Waals surface area contributed by atoms with Crippen LogP contribution in [0.3, 0.4) is 0 Å². The number of anilines is 1. The number of alkyl halides is 6. The predicted molar refractivity (Wildman–Crippen MR) is 106 cm³/mol. The minimum Gasteiger partial charge on any atom is -0.368 e. The molecule has 1 fully saturated rings. The summed E-state index contributed by atoms with van der Waals surface area (Å²) in [7, 11) is 1.31. The number of hydrogen-bond donors (Lipinski definition) is 2. The van der Waals surface area contributed by atoms with E-state index in [1.54, 1.807) is 12.1 Å². The van der Waals surface area contributed by atoms with Crippen LogP contribution in [0.4, 0.5) is 32.2 Å². The SMILES string of the molecule is Cn1cc(C(=O)N[C@H]2CC[C@@H](Nc3cccc4nc(C(F)(F)F)cn34)CC2)c(C(F)(F)F)n1. The number of carbonyl (C=O) groups excluding carboxylic acids is 1. The molecule has 178 valence electrons. The average Bonchev–Trinajstić information content (AvgIpc) is 3.34. The third-order valence-electron chi connectivity index (χ3n) is 5.54. The van der Waals surface area contributed by atoms with Crippen LogP contribution in [0.1, 0.15) is 47.4 Å². The average molecular weight is 474 g/mol. The van der Waals surface area contributed by atoms with E-state index in [1.165, 1.54) is 17.5 Å². The van der Waals surface area contributed by atoms with Gasteiger partial charge in [-0.15, -0.1) is 0 Å². The van der Waals surface area contributed by atoms with Crippen molar-refractivity contribution in [2.75, 3.05) is 5.32 Å². The lowest BCUT2D eigenvalue weighted by molar-refractivity contribution is -0.142. The molecule has 1 amide bonds. The molecule has 7 nitrogen and oxygen atoms in total. The van der Waals surface area contributed by atoms with E-state index in [2.05, 4.69) is 20.7 Å². The van der Waals surface area contributed by atoms with Crippen molar-refractivity contribution in [3.63, 3.8) is 0 Å². The molecule has 0 atom stereocenters. The Kier molecular flexibility index (Phi) is 5.74. The Hall–Kier alpha value is -3.25. The van der Waals surface area contributed by atoms with Crippen molar-refractivity contribution < 1.29 is 31.1 Å². The van der Waals surface area contributed by atoms with Crippen molar-refractivity contribution in [3.05, 3.63) is 47.5 Å². The summed E-state index contributed by atoms with van der Waals surface area (Å²) >= 11 is 0. The van der Waals surface area contributed by atoms with Crippen molar-refractivity contribution in [2.24, 2.45) is 7.05 Å². The standard InChI is InChI=1S/C20H20F6N6O/c1-31-9-13(17(30-31)20(24,25)26)18(33)28-12-7-5-11(6-8-12)27-15-3-2-4-16-29-14(10-32(15)16)19(21,22)23/h2-4,9-12,27H,5-8H2,1H3,(H,28,33)/t11-,12+. The lowest BCUT2D eigenvalue weighted by Crippen LogP contribution is -2.40. The molecule has 0 radical (unpaired) electrons. The summed E-state index contributed by atoms with van der Waals surface area (Å²) in [6.45, 7) is 0. The minimum atomic E-state index is -4.74. The summed E-state index contributed by atoms with van der Waals surface area (Å²) in [5.41, 5.74) is -2.59. The molecular formula is C20H20F6N6O. The van der Waals surface area contributed by atoms with Crippen molar-refractivity contribution in [2.45, 2.75) is 50.1 Å². The summed E-state index contributed by atoms with van der Waals surface area (Å²) in [5.74, 6) is -0.386. The summed E-state index contributed by atoms with van der Waals surface area (Å²) in [4.78, 5) is 16.0. The monoisotopic (exact) mass is 474 g/mol. The second-order valence-corrected chi connectivity index (χ2v) is 7.99. The molecular weight excluding hydrogens is 454 g/mol. The maximum atomic E-state index is 13.1. The lowest BCUT2D eigenvalue weighted by atomic mass is 9.91. The van der Waals surface area contributed by atoms with Crippen LogP contribution in [0.5, 0.6) is 0 Å². The summed E-state index contributed by atoms with van der Waals surface area (Å²) in [6, 6.07) is 4.31. The van der Waals surface area contributed by atoms with Crippen LogP contribution in [0.15, 0.2) is 30.6 Å². The molecule has 0 saturated heterocycles. The van der Waals surface area contributed by atoms with Crippen LogP contribution < -0.4 is 10.6 Å². The molecule has 33 heavy (non-hydrogen) atoms. The van der Waals surface area contributed by atoms with Gasteiger partial charge in [-0.3, -0.25) is 13.9 Å². The second kappa shape index (κ2) is 8.27. The van der Waals surface area contributed by atoms with Crippen LogP contribution in [-0.4, -0.2) is 37.2 Å². The molecule has 3 aromatic heterocycles. The van der Waals surface area contributed by atoms with Crippen molar-refractivity contribution in [3.8, 4) is 0 Å². The number of aromatic nitrogens is 4. The molecule has 0 aromatic carbocycles. The van der Waals surface area contributed by atoms with Gasteiger partial charge in [0.05, 0.1) is 5.56 Å². The topological polar surface area (TPSA) is 76.2 Å². The Balaban J connectivity index is 1.38. The maximum absolute atomic E-state index is 13.1. The highest BCUT2D eigenvalue weighted by molar-refractivity contribution is 5.95. The Labute approximate surface area is 183 Å². The van der Waals surface area contributed by atoms with Crippen LogP contribution in [0.25, 0.3) is 5.65 Å². The van der Waals surface area contributed by atoms with Crippen molar-refractivity contribution >= 4 is 17.4 Å². The molecule has 0 aliphatic heterocycles. The van der Waals surface area contributed by atoms with Crippen LogP contribution in [0, 0.1) is 0 Å². The summed E-state index contributed by atoms with van der Waals surface area (Å²) in [5, 5.41) is 9.18. The molecule has 2 N–H and O–H groups in total. The zero-order valence-corrected chi connectivity index (χ0v) is 17.3. The molecule has 1 aliphatic rings. The number of imidazole rings is 1. The fraction of sp³-hybridized carbons (Fsp3) is 0.450. The van der Waals surface area contributed by atoms with Gasteiger partial charge in [0.15, 0.2) is 11.4 Å². The van der Waals surface area contributed by atoms with Gasteiger partial charge >= 0.3 is 12.4 Å². The molecule has 0 spiro atoms. The van der Waals surface area contributed by atoms with Gasteiger partial charge in [0.25, 0.3) is 5.91 Å². The van der Waals surface area contributed by atoms with Crippen LogP contribution in [-0.2, 0) is 19.4 Å². The van der Waals surface area contributed by atoms with Gasteiger partial charge in [0.2, 0.25) is 0 Å². The number of amides is 1. The molecule has 0 unspecified atom stereocenters. The number of rotatable bonds is 4. The zero-order valence-electron chi connectivity index (χ0n) is 17.3. The van der Waals surface area contributed by atoms with E-state index in [4.69, 9.17) is 0 Å². The smallest absolute Gasteiger partial charge is 0.368 e. The van der Waals surface area contributed by atoms with E-state index in [1.807, 2.05) is 0 Å². The number of pyridine rings is 1. The minimum absolute atomic E-state index is 0.0791. The number of nitrogens with one attached hydrogen (secondary N) is 2. The first-order valence-corrected chi connectivity index (χ1v) is 10.2. The number of fused-ring (bicyclic) bond motifs is 1. The molecule has 3 aromatic rings. The highest BCUT2D eigenvalue weighted by Crippen LogP contribution is 2.32. The Bertz CT molecular complexity index is 1160. The third kappa shape index (κ3) is 4.91. The Morgan fingerprint density at radius 1 is 1.00 bits per heavy atom. The zero-order chi connectivity index (χ0) is 24.0. The van der Waals surface area contributed by atoms with E-state index < -0.39 is 35.2 Å². The molecule has 13 heteroatoms. The predicted octanol–water partition coefficient (Wildman–Crippen LogP) is 4.26. The summed E-state index contributed by atoms with van der Waals surface area (Å²) < 4.78 is 80.5. The van der Waals surface area contributed by atoms with Crippen LogP contribution in [0.2, 0.25) is 0 Å². The maximum Gasteiger partial charge on any atom is 0.435 e. The number of nitrogens with zero attached hydrogens (tertiary/aromatic N) is 4. The molecule has 4 rings (SSSR count). The van der Waals surface area contributed by atoms with Gasteiger partial charge in [0.1, 0.15) is 11.5 Å². The number of aryl methyl sites for hydroxylation is 1. The highest BCUT2D eigenvalue weighted by atomic mass is 19.4. The fourth-order valence-corrected chi connectivity index (χ4v) is 3.98. The van der Waals surface area contributed by atoms with Gasteiger partial charge in [-0.05, 0) is 37.8 Å². The quantitative estimate of drug-likeness (QED) is 0.555. The molecule has 1 saturated carbocycles. The normalized spacial score (nSPS) is 19.6. The van der Waals surface area contributed by atoms with E-state index in [9.17, 15) is 31.1 Å². The van der Waals surface area contributed by atoms with E-state index in [0.29, 0.717) is 31.5 Å². The van der Waals surface area contributed by atoms with Gasteiger partial charge < -0.3 is 10.6 Å². The first-order valence-electron chi connectivity index (χ1n) is 10.2. The molecule has 3 heterocycles. The first kappa shape index (κ1) is 22.9. The van der Waals surface area contributed by atoms with Gasteiger partial charge in [-0.1, -0.05) is 6.07 Å². The Morgan fingerprint density at radius 3 is 2.30 bits per heavy atom.